The average Bonchev–Trinajstić information content (AvgIpc) is 3.00. The van der Waals surface area contributed by atoms with Crippen LogP contribution in [0, 0.1) is 12.3 Å². The molecule has 0 aliphatic carbocycles. The summed E-state index contributed by atoms with van der Waals surface area (Å²) in [6.45, 7) is 8.63. The number of carboxylic acid groups (broad SMARTS) is 1. The van der Waals surface area contributed by atoms with Crippen LogP contribution in [0.2, 0.25) is 0 Å². The average molecular weight is 625 g/mol. The van der Waals surface area contributed by atoms with Crippen molar-refractivity contribution in [2.75, 3.05) is 139 Å². The number of rotatable bonds is 35. The normalized spacial score (nSPS) is 11.0. The molecule has 0 aromatic carbocycles. The highest BCUT2D eigenvalue weighted by molar-refractivity contribution is 6.32. The summed E-state index contributed by atoms with van der Waals surface area (Å²) in [4.78, 5) is 32.6. The minimum atomic E-state index is -1.56. The van der Waals surface area contributed by atoms with Gasteiger partial charge in [-0.15, -0.1) is 6.42 Å². The zero-order valence-corrected chi connectivity index (χ0v) is 25.0. The fraction of sp³-hybridized carbons (Fsp3) is 0.821. The van der Waals surface area contributed by atoms with E-state index in [4.69, 9.17) is 63.6 Å². The number of hydrogen-bond acceptors (Lipinski definition) is 14. The Labute approximate surface area is 253 Å². The molecule has 0 bridgehead atoms. The van der Waals surface area contributed by atoms with Crippen LogP contribution in [0.5, 0.6) is 0 Å². The zero-order chi connectivity index (χ0) is 31.5. The first-order valence-corrected chi connectivity index (χ1v) is 14.2. The number of carbonyl (C=O) groups is 3. The summed E-state index contributed by atoms with van der Waals surface area (Å²) in [7, 11) is 0. The first-order valence-electron chi connectivity index (χ1n) is 14.2. The fourth-order valence-electron chi connectivity index (χ4n) is 2.72. The van der Waals surface area contributed by atoms with E-state index in [-0.39, 0.29) is 26.1 Å². The number of carbonyl (C=O) groups excluding carboxylic acids is 2. The molecule has 0 aromatic heterocycles. The molecule has 250 valence electrons. The van der Waals surface area contributed by atoms with E-state index in [1.54, 1.807) is 0 Å². The van der Waals surface area contributed by atoms with Gasteiger partial charge in [-0.2, -0.15) is 0 Å². The molecule has 15 nitrogen and oxygen atoms in total. The Hall–Kier alpha value is -2.23. The van der Waals surface area contributed by atoms with Gasteiger partial charge in [0.25, 0.3) is 0 Å². The zero-order valence-electron chi connectivity index (χ0n) is 25.0. The maximum Gasteiger partial charge on any atom is 0.372 e. The molecule has 0 aliphatic rings. The number of hydrogen-bond donors (Lipinski definition) is 1. The lowest BCUT2D eigenvalue weighted by Crippen LogP contribution is -2.17. The van der Waals surface area contributed by atoms with Gasteiger partial charge in [0.1, 0.15) is 13.2 Å². The highest BCUT2D eigenvalue weighted by Gasteiger charge is 2.14. The molecule has 0 saturated carbocycles. The minimum Gasteiger partial charge on any atom is -0.476 e. The lowest BCUT2D eigenvalue weighted by atomic mass is 10.2. The maximum atomic E-state index is 11.3. The Balaban J connectivity index is 3.12. The summed E-state index contributed by atoms with van der Waals surface area (Å²) < 4.78 is 58.3. The van der Waals surface area contributed by atoms with Crippen molar-refractivity contribution < 1.29 is 71.6 Å². The molecule has 0 aromatic rings. The molecule has 0 rings (SSSR count). The fourth-order valence-corrected chi connectivity index (χ4v) is 2.72. The van der Waals surface area contributed by atoms with Gasteiger partial charge in [-0.25, -0.2) is 4.79 Å². The molecule has 0 fully saturated rings. The van der Waals surface area contributed by atoms with E-state index >= 15 is 0 Å². The van der Waals surface area contributed by atoms with Gasteiger partial charge in [0, 0.05) is 6.42 Å². The third-order valence-corrected chi connectivity index (χ3v) is 4.82. The van der Waals surface area contributed by atoms with E-state index in [1.165, 1.54) is 0 Å². The SMILES string of the molecule is C#CCOCCOCCOCCOCCOCCOCCOCCOCCOCCOCCOC(=O)CCC(=O)C(=O)O. The predicted octanol–water partition coefficient (Wildman–Crippen LogP) is -0.237. The second-order valence-corrected chi connectivity index (χ2v) is 8.22. The van der Waals surface area contributed by atoms with Gasteiger partial charge in [0.15, 0.2) is 0 Å². The largest absolute Gasteiger partial charge is 0.476 e. The number of carboxylic acids is 1. The van der Waals surface area contributed by atoms with Crippen LogP contribution in [0.25, 0.3) is 0 Å². The Morgan fingerprint density at radius 1 is 0.442 bits per heavy atom. The van der Waals surface area contributed by atoms with E-state index in [9.17, 15) is 14.4 Å². The predicted molar refractivity (Wildman–Crippen MR) is 150 cm³/mol. The number of Topliss-reactive ketones (excluding diaryl/α,β-unsaturated/α-hetero) is 1. The molecular formula is C28H48O15. The number of aliphatic carboxylic acids is 1. The van der Waals surface area contributed by atoms with Crippen LogP contribution in [0.15, 0.2) is 0 Å². The van der Waals surface area contributed by atoms with Crippen molar-refractivity contribution in [3.8, 4) is 12.3 Å². The maximum absolute atomic E-state index is 11.3. The van der Waals surface area contributed by atoms with Crippen LogP contribution in [-0.2, 0) is 66.5 Å². The smallest absolute Gasteiger partial charge is 0.372 e. The Bertz CT molecular complexity index is 698. The van der Waals surface area contributed by atoms with Crippen LogP contribution in [0.3, 0.4) is 0 Å². The first kappa shape index (κ1) is 40.8. The third kappa shape index (κ3) is 34.1. The molecule has 0 amide bonds. The minimum absolute atomic E-state index is 0.0135. The number of ketones is 1. The summed E-state index contributed by atoms with van der Waals surface area (Å²) in [5, 5.41) is 8.43. The van der Waals surface area contributed by atoms with E-state index in [0.29, 0.717) is 126 Å². The summed E-state index contributed by atoms with van der Waals surface area (Å²) in [5.74, 6) is -0.854. The van der Waals surface area contributed by atoms with Crippen molar-refractivity contribution in [3.63, 3.8) is 0 Å². The van der Waals surface area contributed by atoms with Crippen LogP contribution in [0.1, 0.15) is 12.8 Å². The monoisotopic (exact) mass is 624 g/mol. The van der Waals surface area contributed by atoms with Gasteiger partial charge in [-0.1, -0.05) is 5.92 Å². The summed E-state index contributed by atoms with van der Waals surface area (Å²) in [6.07, 6.45) is 4.41. The van der Waals surface area contributed by atoms with Crippen LogP contribution >= 0.6 is 0 Å². The van der Waals surface area contributed by atoms with Gasteiger partial charge in [-0.3, -0.25) is 9.59 Å². The molecule has 0 aliphatic heterocycles. The number of esters is 1. The summed E-state index contributed by atoms with van der Waals surface area (Å²) in [6, 6.07) is 0. The lowest BCUT2D eigenvalue weighted by molar-refractivity contribution is -0.151. The summed E-state index contributed by atoms with van der Waals surface area (Å²) >= 11 is 0. The van der Waals surface area contributed by atoms with Gasteiger partial charge >= 0.3 is 11.9 Å². The van der Waals surface area contributed by atoms with Gasteiger partial charge < -0.3 is 57.2 Å². The Morgan fingerprint density at radius 2 is 0.721 bits per heavy atom. The van der Waals surface area contributed by atoms with Gasteiger partial charge in [0.2, 0.25) is 5.78 Å². The van der Waals surface area contributed by atoms with Gasteiger partial charge in [-0.05, 0) is 0 Å². The highest BCUT2D eigenvalue weighted by Crippen LogP contribution is 1.95. The van der Waals surface area contributed by atoms with E-state index in [2.05, 4.69) is 5.92 Å². The molecular weight excluding hydrogens is 576 g/mol. The van der Waals surface area contributed by atoms with Crippen LogP contribution in [-0.4, -0.2) is 162 Å². The lowest BCUT2D eigenvalue weighted by Gasteiger charge is -2.09. The summed E-state index contributed by atoms with van der Waals surface area (Å²) in [5.41, 5.74) is 0. The first-order chi connectivity index (χ1) is 21.1. The van der Waals surface area contributed by atoms with Crippen molar-refractivity contribution in [1.29, 1.82) is 0 Å². The van der Waals surface area contributed by atoms with E-state index in [0.717, 1.165) is 0 Å². The molecule has 15 heteroatoms. The molecule has 0 saturated heterocycles. The van der Waals surface area contributed by atoms with Crippen molar-refractivity contribution in [3.05, 3.63) is 0 Å². The topological polar surface area (TPSA) is 173 Å². The molecule has 43 heavy (non-hydrogen) atoms. The van der Waals surface area contributed by atoms with E-state index in [1.807, 2.05) is 0 Å². The second-order valence-electron chi connectivity index (χ2n) is 8.22. The van der Waals surface area contributed by atoms with E-state index < -0.39 is 17.7 Å². The second kappa shape index (κ2) is 34.3. The Kier molecular flexibility index (Phi) is 32.5. The molecule has 0 spiro atoms. The van der Waals surface area contributed by atoms with Crippen molar-refractivity contribution in [1.82, 2.24) is 0 Å². The van der Waals surface area contributed by atoms with Crippen LogP contribution in [0.4, 0.5) is 0 Å². The van der Waals surface area contributed by atoms with Crippen molar-refractivity contribution in [2.24, 2.45) is 0 Å². The third-order valence-electron chi connectivity index (χ3n) is 4.82. The number of ether oxygens (including phenoxy) is 11. The van der Waals surface area contributed by atoms with Crippen molar-refractivity contribution in [2.45, 2.75) is 12.8 Å². The van der Waals surface area contributed by atoms with Gasteiger partial charge in [0.05, 0.1) is 132 Å². The highest BCUT2D eigenvalue weighted by atomic mass is 16.6. The molecule has 0 unspecified atom stereocenters. The number of terminal acetylenes is 1. The molecule has 0 heterocycles. The standard InChI is InChI=1S/C28H48O15/c1-2-5-33-6-7-34-8-9-35-10-11-36-12-13-37-14-15-38-16-17-39-18-19-40-20-21-41-22-23-42-24-25-43-27(30)4-3-26(29)28(31)32/h1H,3-25H2,(H,31,32). The quantitative estimate of drug-likeness (QED) is 0.0423. The Morgan fingerprint density at radius 3 is 1.00 bits per heavy atom. The molecule has 1 N–H and O–H groups in total. The van der Waals surface area contributed by atoms with Crippen molar-refractivity contribution >= 4 is 17.7 Å². The molecule has 0 atom stereocenters. The molecule has 0 radical (unpaired) electrons. The van der Waals surface area contributed by atoms with Crippen LogP contribution < -0.4 is 0 Å².